The van der Waals surface area contributed by atoms with E-state index in [-0.39, 0.29) is 24.0 Å². The van der Waals surface area contributed by atoms with Crippen molar-refractivity contribution in [3.63, 3.8) is 0 Å². The minimum absolute atomic E-state index is 0.156. The zero-order valence-electron chi connectivity index (χ0n) is 11.8. The number of hydrogen-bond acceptors (Lipinski definition) is 3. The van der Waals surface area contributed by atoms with Gasteiger partial charge in [-0.2, -0.15) is 0 Å². The van der Waals surface area contributed by atoms with Crippen molar-refractivity contribution >= 4 is 11.8 Å². The van der Waals surface area contributed by atoms with E-state index >= 15 is 0 Å². The fraction of sp³-hybridized carbons (Fsp3) is 0.467. The molecule has 1 saturated heterocycles. The standard InChI is InChI=1S/C15H18N2O3/c1-10-7-16(8-11(2)20-10)9-17-14(18)12-5-3-4-6-13(12)15(17)19/h3-6,10-11H,7-9H2,1-2H3/p+1/t10-,11+. The molecule has 2 aliphatic heterocycles. The van der Waals surface area contributed by atoms with Crippen molar-refractivity contribution in [2.45, 2.75) is 26.1 Å². The van der Waals surface area contributed by atoms with Crippen LogP contribution < -0.4 is 4.90 Å². The summed E-state index contributed by atoms with van der Waals surface area (Å²) in [5.41, 5.74) is 1.04. The number of carbonyl (C=O) groups is 2. The van der Waals surface area contributed by atoms with Gasteiger partial charge in [-0.25, -0.2) is 4.90 Å². The average Bonchev–Trinajstić information content (AvgIpc) is 2.64. The Labute approximate surface area is 118 Å². The molecule has 106 valence electrons. The fourth-order valence-electron chi connectivity index (χ4n) is 3.12. The van der Waals surface area contributed by atoms with Gasteiger partial charge in [-0.05, 0) is 26.0 Å². The molecule has 20 heavy (non-hydrogen) atoms. The number of amides is 2. The number of carbonyl (C=O) groups excluding carboxylic acids is 2. The largest absolute Gasteiger partial charge is 0.364 e. The molecule has 2 aliphatic rings. The van der Waals surface area contributed by atoms with Crippen molar-refractivity contribution in [3.05, 3.63) is 35.4 Å². The van der Waals surface area contributed by atoms with Crippen LogP contribution in [-0.2, 0) is 4.74 Å². The van der Waals surface area contributed by atoms with Gasteiger partial charge in [0.25, 0.3) is 11.8 Å². The van der Waals surface area contributed by atoms with E-state index in [1.807, 2.05) is 13.8 Å². The van der Waals surface area contributed by atoms with E-state index in [2.05, 4.69) is 0 Å². The molecule has 0 radical (unpaired) electrons. The highest BCUT2D eigenvalue weighted by atomic mass is 16.5. The summed E-state index contributed by atoms with van der Waals surface area (Å²) in [5, 5.41) is 0. The summed E-state index contributed by atoms with van der Waals surface area (Å²) in [6, 6.07) is 7.02. The third-order valence-electron chi connectivity index (χ3n) is 3.88. The highest BCUT2D eigenvalue weighted by Gasteiger charge is 2.38. The normalized spacial score (nSPS) is 29.7. The Morgan fingerprint density at radius 2 is 1.60 bits per heavy atom. The number of ether oxygens (including phenoxy) is 1. The van der Waals surface area contributed by atoms with Gasteiger partial charge in [-0.1, -0.05) is 12.1 Å². The molecular formula is C15H19N2O3+. The number of fused-ring (bicyclic) bond motifs is 1. The molecule has 1 aromatic rings. The van der Waals surface area contributed by atoms with E-state index in [1.165, 1.54) is 9.80 Å². The van der Waals surface area contributed by atoms with E-state index in [1.54, 1.807) is 24.3 Å². The smallest absolute Gasteiger partial charge is 0.265 e. The molecule has 0 spiro atoms. The molecule has 5 nitrogen and oxygen atoms in total. The Balaban J connectivity index is 1.76. The SMILES string of the molecule is C[C@@H]1C[NH+](CN2C(=O)c3ccccc3C2=O)C[C@H](C)O1. The predicted molar refractivity (Wildman–Crippen MR) is 72.5 cm³/mol. The highest BCUT2D eigenvalue weighted by Crippen LogP contribution is 2.21. The molecule has 1 aromatic carbocycles. The lowest BCUT2D eigenvalue weighted by molar-refractivity contribution is -0.921. The fourth-order valence-corrected chi connectivity index (χ4v) is 3.12. The van der Waals surface area contributed by atoms with Gasteiger partial charge >= 0.3 is 0 Å². The molecule has 1 N–H and O–H groups in total. The van der Waals surface area contributed by atoms with E-state index < -0.39 is 0 Å². The van der Waals surface area contributed by atoms with Gasteiger partial charge < -0.3 is 9.64 Å². The minimum Gasteiger partial charge on any atom is -0.364 e. The first-order valence-corrected chi connectivity index (χ1v) is 7.00. The van der Waals surface area contributed by atoms with Gasteiger partial charge in [0, 0.05) is 0 Å². The van der Waals surface area contributed by atoms with Crippen molar-refractivity contribution in [2.75, 3.05) is 19.8 Å². The molecule has 2 amide bonds. The number of quaternary nitrogens is 1. The van der Waals surface area contributed by atoms with Crippen LogP contribution >= 0.6 is 0 Å². The molecule has 0 aromatic heterocycles. The second-order valence-electron chi connectivity index (χ2n) is 5.66. The zero-order chi connectivity index (χ0) is 14.3. The first-order chi connectivity index (χ1) is 9.56. The Hall–Kier alpha value is -1.72. The van der Waals surface area contributed by atoms with Crippen LogP contribution in [0.3, 0.4) is 0 Å². The molecule has 0 bridgehead atoms. The Bertz CT molecular complexity index is 513. The quantitative estimate of drug-likeness (QED) is 0.769. The Morgan fingerprint density at radius 1 is 1.10 bits per heavy atom. The summed E-state index contributed by atoms with van der Waals surface area (Å²) in [6.07, 6.45) is 0.313. The predicted octanol–water partition coefficient (Wildman–Crippen LogP) is -0.0678. The van der Waals surface area contributed by atoms with Crippen LogP contribution in [0.15, 0.2) is 24.3 Å². The van der Waals surface area contributed by atoms with Gasteiger partial charge in [0.05, 0.1) is 11.1 Å². The van der Waals surface area contributed by atoms with Crippen LogP contribution in [0.4, 0.5) is 0 Å². The lowest BCUT2D eigenvalue weighted by Crippen LogP contribution is -3.16. The van der Waals surface area contributed by atoms with Crippen LogP contribution in [0.2, 0.25) is 0 Å². The van der Waals surface area contributed by atoms with Crippen molar-refractivity contribution < 1.29 is 19.2 Å². The molecule has 5 heteroatoms. The summed E-state index contributed by atoms with van der Waals surface area (Å²) in [4.78, 5) is 27.2. The maximum atomic E-state index is 12.3. The number of morpholine rings is 1. The van der Waals surface area contributed by atoms with Crippen LogP contribution in [0.1, 0.15) is 34.6 Å². The average molecular weight is 275 g/mol. The second-order valence-corrected chi connectivity index (χ2v) is 5.66. The number of hydrogen-bond donors (Lipinski definition) is 1. The molecule has 3 atom stereocenters. The maximum absolute atomic E-state index is 12.3. The molecule has 2 heterocycles. The summed E-state index contributed by atoms with van der Waals surface area (Å²) >= 11 is 0. The number of benzene rings is 1. The lowest BCUT2D eigenvalue weighted by atomic mass is 10.1. The van der Waals surface area contributed by atoms with Gasteiger partial charge in [0.15, 0.2) is 6.67 Å². The molecule has 0 saturated carbocycles. The third-order valence-corrected chi connectivity index (χ3v) is 3.88. The monoisotopic (exact) mass is 275 g/mol. The summed E-state index contributed by atoms with van der Waals surface area (Å²) in [5.74, 6) is -0.352. The minimum atomic E-state index is -0.176. The highest BCUT2D eigenvalue weighted by molar-refractivity contribution is 6.21. The van der Waals surface area contributed by atoms with Gasteiger partial charge in [0.1, 0.15) is 25.3 Å². The van der Waals surface area contributed by atoms with Crippen molar-refractivity contribution in [1.29, 1.82) is 0 Å². The molecule has 1 fully saturated rings. The maximum Gasteiger partial charge on any atom is 0.265 e. The van der Waals surface area contributed by atoms with Crippen LogP contribution in [-0.4, -0.2) is 48.7 Å². The van der Waals surface area contributed by atoms with E-state index in [4.69, 9.17) is 4.74 Å². The summed E-state index contributed by atoms with van der Waals surface area (Å²) < 4.78 is 5.69. The lowest BCUT2D eigenvalue weighted by Gasteiger charge is -2.33. The topological polar surface area (TPSA) is 51.0 Å². The van der Waals surface area contributed by atoms with Crippen LogP contribution in [0, 0.1) is 0 Å². The molecule has 1 unspecified atom stereocenters. The molecule has 3 rings (SSSR count). The molecular weight excluding hydrogens is 256 g/mol. The number of rotatable bonds is 2. The first kappa shape index (κ1) is 13.3. The Kier molecular flexibility index (Phi) is 3.31. The number of imide groups is 1. The van der Waals surface area contributed by atoms with Crippen molar-refractivity contribution in [1.82, 2.24) is 4.90 Å². The van der Waals surface area contributed by atoms with Crippen LogP contribution in [0.5, 0.6) is 0 Å². The van der Waals surface area contributed by atoms with Crippen molar-refractivity contribution in [3.8, 4) is 0 Å². The number of nitrogens with zero attached hydrogens (tertiary/aromatic N) is 1. The van der Waals surface area contributed by atoms with Gasteiger partial charge in [-0.3, -0.25) is 9.59 Å². The first-order valence-electron chi connectivity index (χ1n) is 7.00. The van der Waals surface area contributed by atoms with E-state index in [0.717, 1.165) is 13.1 Å². The van der Waals surface area contributed by atoms with Gasteiger partial charge in [-0.15, -0.1) is 0 Å². The van der Waals surface area contributed by atoms with Gasteiger partial charge in [0.2, 0.25) is 0 Å². The summed E-state index contributed by atoms with van der Waals surface area (Å²) in [6.45, 7) is 6.11. The van der Waals surface area contributed by atoms with Crippen LogP contribution in [0.25, 0.3) is 0 Å². The third kappa shape index (κ3) is 2.23. The number of nitrogens with one attached hydrogen (secondary N) is 1. The van der Waals surface area contributed by atoms with E-state index in [0.29, 0.717) is 17.8 Å². The molecule has 0 aliphatic carbocycles. The van der Waals surface area contributed by atoms with E-state index in [9.17, 15) is 9.59 Å². The zero-order valence-corrected chi connectivity index (χ0v) is 11.8. The Morgan fingerprint density at radius 3 is 2.10 bits per heavy atom. The second kappa shape index (κ2) is 5.00. The van der Waals surface area contributed by atoms with Crippen molar-refractivity contribution in [2.24, 2.45) is 0 Å². The summed E-state index contributed by atoms with van der Waals surface area (Å²) in [7, 11) is 0.